The molecule has 4 nitrogen and oxygen atoms in total. The minimum atomic E-state index is -0.274. The first-order valence-corrected chi connectivity index (χ1v) is 8.52. The Balaban J connectivity index is 0.000000681. The van der Waals surface area contributed by atoms with Gasteiger partial charge in [-0.2, -0.15) is 0 Å². The predicted molar refractivity (Wildman–Crippen MR) is 111 cm³/mol. The summed E-state index contributed by atoms with van der Waals surface area (Å²) in [5.41, 5.74) is 3.20. The van der Waals surface area contributed by atoms with Crippen LogP contribution in [0.2, 0.25) is 0 Å². The van der Waals surface area contributed by atoms with Crippen LogP contribution < -0.4 is 4.74 Å². The molecule has 0 saturated carbocycles. The number of aldehydes is 2. The molecule has 2 aromatic rings. The fourth-order valence-electron chi connectivity index (χ4n) is 1.93. The highest BCUT2D eigenvalue weighted by Crippen LogP contribution is 2.26. The molecule has 0 saturated heterocycles. The molecule has 0 N–H and O–H groups in total. The maximum Gasteiger partial charge on any atom is 0.145 e. The van der Waals surface area contributed by atoms with Gasteiger partial charge in [0.25, 0.3) is 0 Å². The van der Waals surface area contributed by atoms with Gasteiger partial charge in [0.2, 0.25) is 0 Å². The lowest BCUT2D eigenvalue weighted by Crippen LogP contribution is -1.94. The Kier molecular flexibility index (Phi) is 13.4. The topological polar surface area (TPSA) is 52.6 Å². The molecule has 0 aromatic heterocycles. The number of ether oxygens (including phenoxy) is 2. The van der Waals surface area contributed by atoms with Crippen LogP contribution in [0.3, 0.4) is 0 Å². The highest BCUT2D eigenvalue weighted by atomic mass is 19.1. The van der Waals surface area contributed by atoms with Crippen molar-refractivity contribution in [2.45, 2.75) is 13.3 Å². The van der Waals surface area contributed by atoms with Gasteiger partial charge in [-0.05, 0) is 48.3 Å². The second-order valence-electron chi connectivity index (χ2n) is 5.62. The maximum atomic E-state index is 13.9. The van der Waals surface area contributed by atoms with Gasteiger partial charge in [0, 0.05) is 18.7 Å². The molecule has 0 bridgehead atoms. The molecule has 0 fully saturated rings. The second kappa shape index (κ2) is 15.1. The number of hydrogen-bond acceptors (Lipinski definition) is 4. The summed E-state index contributed by atoms with van der Waals surface area (Å²) >= 11 is 0. The molecule has 0 aliphatic rings. The third-order valence-corrected chi connectivity index (χ3v) is 3.33. The number of methoxy groups -OCH3 is 2. The Morgan fingerprint density at radius 1 is 1.11 bits per heavy atom. The lowest BCUT2D eigenvalue weighted by molar-refractivity contribution is -0.105. The lowest BCUT2D eigenvalue weighted by Gasteiger charge is -2.07. The fraction of sp³-hybridized carbons (Fsp3) is 0.217. The average Bonchev–Trinajstić information content (AvgIpc) is 2.73. The largest absolute Gasteiger partial charge is 0.497 e. The molecule has 28 heavy (non-hydrogen) atoms. The zero-order chi connectivity index (χ0) is 21.4. The zero-order valence-electron chi connectivity index (χ0n) is 16.6. The van der Waals surface area contributed by atoms with Gasteiger partial charge in [-0.25, -0.2) is 4.39 Å². The van der Waals surface area contributed by atoms with Crippen molar-refractivity contribution in [2.75, 3.05) is 20.8 Å². The summed E-state index contributed by atoms with van der Waals surface area (Å²) in [5, 5.41) is 0. The highest BCUT2D eigenvalue weighted by Gasteiger charge is 2.06. The van der Waals surface area contributed by atoms with Crippen LogP contribution in [-0.2, 0) is 20.7 Å². The van der Waals surface area contributed by atoms with E-state index in [4.69, 9.17) is 14.3 Å². The van der Waals surface area contributed by atoms with Crippen LogP contribution in [0.1, 0.15) is 12.5 Å². The quantitative estimate of drug-likeness (QED) is 0.506. The predicted octanol–water partition coefficient (Wildman–Crippen LogP) is 4.82. The third kappa shape index (κ3) is 10.2. The molecule has 0 atom stereocenters. The van der Waals surface area contributed by atoms with Gasteiger partial charge in [0.1, 0.15) is 24.1 Å². The minimum absolute atomic E-state index is 0.274. The van der Waals surface area contributed by atoms with Crippen molar-refractivity contribution in [1.82, 2.24) is 0 Å². The number of benzene rings is 2. The van der Waals surface area contributed by atoms with E-state index in [1.54, 1.807) is 26.2 Å². The molecule has 0 spiro atoms. The monoisotopic (exact) mass is 386 g/mol. The first-order valence-electron chi connectivity index (χ1n) is 8.52. The van der Waals surface area contributed by atoms with E-state index in [0.29, 0.717) is 29.8 Å². The van der Waals surface area contributed by atoms with Crippen LogP contribution in [0.25, 0.3) is 11.1 Å². The Labute approximate surface area is 166 Å². The van der Waals surface area contributed by atoms with E-state index in [-0.39, 0.29) is 5.82 Å². The normalized spacial score (nSPS) is 9.00. The maximum absolute atomic E-state index is 13.9. The summed E-state index contributed by atoms with van der Waals surface area (Å²) in [5.74, 6) is 0.252. The number of carbonyl (C=O) groups excluding carboxylic acids is 2. The standard InChI is InChI=1S/C16H17FO2.C4H6O.C3H4O/c1-18-10-9-12-3-5-13(6-4-12)15-8-7-14(19-2)11-16(15)17;1-4(2)3-5;1-2-3-4/h3-8,11H,9-10H2,1-2H3;3H,1H2,2H3;2-3H,1H2. The summed E-state index contributed by atoms with van der Waals surface area (Å²) in [6.07, 6.45) is 3.42. The SMILES string of the molecule is C=C(C)C=O.C=CC=O.COCCc1ccc(-c2ccc(OC)cc2F)cc1. The molecule has 0 aliphatic heterocycles. The van der Waals surface area contributed by atoms with Gasteiger partial charge in [-0.3, -0.25) is 9.59 Å². The van der Waals surface area contributed by atoms with E-state index < -0.39 is 0 Å². The van der Waals surface area contributed by atoms with Crippen molar-refractivity contribution in [1.29, 1.82) is 0 Å². The molecule has 0 radical (unpaired) electrons. The van der Waals surface area contributed by atoms with Crippen LogP contribution in [-0.4, -0.2) is 33.4 Å². The lowest BCUT2D eigenvalue weighted by atomic mass is 10.0. The van der Waals surface area contributed by atoms with E-state index >= 15 is 0 Å². The Hall–Kier alpha value is -3.05. The van der Waals surface area contributed by atoms with Crippen molar-refractivity contribution < 1.29 is 23.5 Å². The fourth-order valence-corrected chi connectivity index (χ4v) is 1.93. The van der Waals surface area contributed by atoms with Crippen molar-refractivity contribution in [3.05, 3.63) is 78.7 Å². The molecular formula is C23H27FO4. The molecule has 0 aliphatic carbocycles. The summed E-state index contributed by atoms with van der Waals surface area (Å²) < 4.78 is 24.0. The van der Waals surface area contributed by atoms with Crippen LogP contribution in [0, 0.1) is 5.82 Å². The molecule has 0 heterocycles. The number of hydrogen-bond donors (Lipinski definition) is 0. The van der Waals surface area contributed by atoms with E-state index in [2.05, 4.69) is 13.2 Å². The summed E-state index contributed by atoms with van der Waals surface area (Å²) in [4.78, 5) is 18.5. The van der Waals surface area contributed by atoms with Crippen LogP contribution in [0.5, 0.6) is 5.75 Å². The summed E-state index contributed by atoms with van der Waals surface area (Å²) in [7, 11) is 3.21. The summed E-state index contributed by atoms with van der Waals surface area (Å²) in [6.45, 7) is 8.77. The van der Waals surface area contributed by atoms with E-state index in [1.807, 2.05) is 24.3 Å². The molecular weight excluding hydrogens is 359 g/mol. The third-order valence-electron chi connectivity index (χ3n) is 3.33. The minimum Gasteiger partial charge on any atom is -0.497 e. The Morgan fingerprint density at radius 3 is 2.07 bits per heavy atom. The van der Waals surface area contributed by atoms with Crippen molar-refractivity contribution in [2.24, 2.45) is 0 Å². The van der Waals surface area contributed by atoms with Crippen LogP contribution >= 0.6 is 0 Å². The zero-order valence-corrected chi connectivity index (χ0v) is 16.6. The average molecular weight is 386 g/mol. The highest BCUT2D eigenvalue weighted by molar-refractivity contribution is 5.70. The van der Waals surface area contributed by atoms with Gasteiger partial charge in [0.15, 0.2) is 0 Å². The van der Waals surface area contributed by atoms with Crippen LogP contribution in [0.15, 0.2) is 67.3 Å². The van der Waals surface area contributed by atoms with Crippen molar-refractivity contribution >= 4 is 12.6 Å². The number of rotatable bonds is 7. The van der Waals surface area contributed by atoms with Gasteiger partial charge in [-0.15, -0.1) is 0 Å². The molecule has 2 aromatic carbocycles. The first kappa shape index (κ1) is 24.9. The summed E-state index contributed by atoms with van der Waals surface area (Å²) in [6, 6.07) is 12.7. The smallest absolute Gasteiger partial charge is 0.145 e. The van der Waals surface area contributed by atoms with Gasteiger partial charge < -0.3 is 9.47 Å². The van der Waals surface area contributed by atoms with Gasteiger partial charge in [-0.1, -0.05) is 37.4 Å². The van der Waals surface area contributed by atoms with Gasteiger partial charge in [0.05, 0.1) is 13.7 Å². The Bertz CT molecular complexity index is 746. The Morgan fingerprint density at radius 2 is 1.68 bits per heavy atom. The second-order valence-corrected chi connectivity index (χ2v) is 5.62. The molecule has 0 unspecified atom stereocenters. The van der Waals surface area contributed by atoms with Crippen molar-refractivity contribution in [3.63, 3.8) is 0 Å². The van der Waals surface area contributed by atoms with Crippen molar-refractivity contribution in [3.8, 4) is 16.9 Å². The molecule has 150 valence electrons. The number of halogens is 1. The van der Waals surface area contributed by atoms with E-state index in [0.717, 1.165) is 18.3 Å². The van der Waals surface area contributed by atoms with E-state index in [9.17, 15) is 9.18 Å². The molecule has 5 heteroatoms. The molecule has 2 rings (SSSR count). The first-order chi connectivity index (χ1) is 13.4. The van der Waals surface area contributed by atoms with E-state index in [1.165, 1.54) is 24.8 Å². The van der Waals surface area contributed by atoms with Crippen LogP contribution in [0.4, 0.5) is 4.39 Å². The number of carbonyl (C=O) groups is 2. The van der Waals surface area contributed by atoms with Gasteiger partial charge >= 0.3 is 0 Å². The molecule has 0 amide bonds. The number of allylic oxidation sites excluding steroid dienone is 2.